The highest BCUT2D eigenvalue weighted by Crippen LogP contribution is 2.30. The molecular formula is C15H15Cl2N3O2. The monoisotopic (exact) mass is 339 g/mol. The average Bonchev–Trinajstić information content (AvgIpc) is 2.47. The maximum absolute atomic E-state index is 11.9. The molecule has 0 saturated carbocycles. The van der Waals surface area contributed by atoms with E-state index in [4.69, 9.17) is 23.2 Å². The fourth-order valence-corrected chi connectivity index (χ4v) is 2.84. The van der Waals surface area contributed by atoms with Crippen molar-refractivity contribution in [1.29, 1.82) is 0 Å². The van der Waals surface area contributed by atoms with Crippen LogP contribution in [0.2, 0.25) is 10.0 Å². The van der Waals surface area contributed by atoms with Gasteiger partial charge in [0.15, 0.2) is 0 Å². The first-order chi connectivity index (χ1) is 10.5. The topological polar surface area (TPSA) is 64.0 Å². The van der Waals surface area contributed by atoms with E-state index in [1.165, 1.54) is 17.0 Å². The third-order valence-corrected chi connectivity index (χ3v) is 3.85. The van der Waals surface area contributed by atoms with Crippen LogP contribution in [-0.2, 0) is 11.3 Å². The Labute approximate surface area is 137 Å². The van der Waals surface area contributed by atoms with Crippen molar-refractivity contribution in [2.24, 2.45) is 0 Å². The van der Waals surface area contributed by atoms with Gasteiger partial charge in [0.25, 0.3) is 0 Å². The van der Waals surface area contributed by atoms with E-state index in [0.29, 0.717) is 16.6 Å². The molecule has 1 atom stereocenters. The summed E-state index contributed by atoms with van der Waals surface area (Å²) in [7, 11) is 0. The predicted molar refractivity (Wildman–Crippen MR) is 86.4 cm³/mol. The van der Waals surface area contributed by atoms with Crippen molar-refractivity contribution in [3.63, 3.8) is 0 Å². The number of rotatable bonds is 5. The summed E-state index contributed by atoms with van der Waals surface area (Å²) in [5.74, 6) is -0.319. The maximum atomic E-state index is 11.9. The lowest BCUT2D eigenvalue weighted by Crippen LogP contribution is -2.34. The molecule has 1 amide bonds. The Morgan fingerprint density at radius 2 is 2.00 bits per heavy atom. The van der Waals surface area contributed by atoms with Gasteiger partial charge in [0.05, 0.1) is 0 Å². The Balaban J connectivity index is 1.97. The number of benzene rings is 1. The molecule has 116 valence electrons. The van der Waals surface area contributed by atoms with Crippen molar-refractivity contribution >= 4 is 29.1 Å². The third kappa shape index (κ3) is 4.08. The van der Waals surface area contributed by atoms with Crippen LogP contribution in [0.5, 0.6) is 0 Å². The van der Waals surface area contributed by atoms with Crippen LogP contribution in [0.1, 0.15) is 18.4 Å². The van der Waals surface area contributed by atoms with Crippen LogP contribution in [0.4, 0.5) is 0 Å². The zero-order valence-electron chi connectivity index (χ0n) is 11.9. The quantitative estimate of drug-likeness (QED) is 0.909. The molecule has 0 saturated heterocycles. The number of amides is 1. The van der Waals surface area contributed by atoms with Crippen LogP contribution in [0.3, 0.4) is 0 Å². The Morgan fingerprint density at radius 3 is 2.64 bits per heavy atom. The molecule has 0 aliphatic carbocycles. The van der Waals surface area contributed by atoms with Gasteiger partial charge in [-0.1, -0.05) is 36.2 Å². The van der Waals surface area contributed by atoms with E-state index in [1.807, 2.05) is 6.92 Å². The standard InChI is InChI=1S/C15H15Cl2N3O2/c1-10(14-11(16)4-2-5-12(14)17)8-19-13(21)9-20-7-3-6-18-15(20)22/h2-7,10H,8-9H2,1H3,(H,19,21)/t10-/m1/s1. The van der Waals surface area contributed by atoms with Crippen molar-refractivity contribution in [2.75, 3.05) is 6.54 Å². The lowest BCUT2D eigenvalue weighted by Gasteiger charge is -2.16. The summed E-state index contributed by atoms with van der Waals surface area (Å²) < 4.78 is 1.24. The van der Waals surface area contributed by atoms with Crippen LogP contribution < -0.4 is 11.0 Å². The van der Waals surface area contributed by atoms with E-state index in [1.54, 1.807) is 24.3 Å². The first-order valence-corrected chi connectivity index (χ1v) is 7.46. The third-order valence-electron chi connectivity index (χ3n) is 3.19. The van der Waals surface area contributed by atoms with Crippen LogP contribution in [0.15, 0.2) is 41.5 Å². The highest BCUT2D eigenvalue weighted by Gasteiger charge is 2.14. The number of carbonyl (C=O) groups is 1. The molecule has 0 spiro atoms. The van der Waals surface area contributed by atoms with E-state index in [2.05, 4.69) is 10.3 Å². The lowest BCUT2D eigenvalue weighted by molar-refractivity contribution is -0.121. The van der Waals surface area contributed by atoms with Crippen molar-refractivity contribution in [2.45, 2.75) is 19.4 Å². The molecule has 5 nitrogen and oxygen atoms in total. The van der Waals surface area contributed by atoms with Crippen molar-refractivity contribution < 1.29 is 4.79 Å². The molecule has 2 aromatic rings. The molecule has 0 unspecified atom stereocenters. The van der Waals surface area contributed by atoms with Gasteiger partial charge in [-0.05, 0) is 23.8 Å². The number of hydrogen-bond donors (Lipinski definition) is 1. The first-order valence-electron chi connectivity index (χ1n) is 6.71. The van der Waals surface area contributed by atoms with E-state index in [-0.39, 0.29) is 18.4 Å². The molecule has 0 aliphatic heterocycles. The minimum Gasteiger partial charge on any atom is -0.354 e. The predicted octanol–water partition coefficient (Wildman–Crippen LogP) is 2.47. The maximum Gasteiger partial charge on any atom is 0.347 e. The summed E-state index contributed by atoms with van der Waals surface area (Å²) in [6, 6.07) is 6.89. The van der Waals surface area contributed by atoms with Gasteiger partial charge in [0, 0.05) is 34.9 Å². The van der Waals surface area contributed by atoms with E-state index in [9.17, 15) is 9.59 Å². The lowest BCUT2D eigenvalue weighted by atomic mass is 10.0. The molecular weight excluding hydrogens is 325 g/mol. The van der Waals surface area contributed by atoms with Crippen LogP contribution in [0, 0.1) is 0 Å². The molecule has 0 bridgehead atoms. The zero-order chi connectivity index (χ0) is 16.1. The summed E-state index contributed by atoms with van der Waals surface area (Å²) in [4.78, 5) is 26.9. The fourth-order valence-electron chi connectivity index (χ4n) is 2.07. The molecule has 7 heteroatoms. The highest BCUT2D eigenvalue weighted by molar-refractivity contribution is 6.36. The van der Waals surface area contributed by atoms with Gasteiger partial charge in [-0.15, -0.1) is 0 Å². The second kappa shape index (κ2) is 7.42. The minimum absolute atomic E-state index is 0.0456. The Hall–Kier alpha value is -1.85. The number of carbonyl (C=O) groups excluding carboxylic acids is 1. The van der Waals surface area contributed by atoms with Gasteiger partial charge in [-0.25, -0.2) is 9.78 Å². The summed E-state index contributed by atoms with van der Waals surface area (Å²) in [5, 5.41) is 3.90. The number of hydrogen-bond acceptors (Lipinski definition) is 3. The molecule has 22 heavy (non-hydrogen) atoms. The van der Waals surface area contributed by atoms with Gasteiger partial charge in [-0.3, -0.25) is 9.36 Å². The van der Waals surface area contributed by atoms with Crippen LogP contribution in [0.25, 0.3) is 0 Å². The molecule has 1 N–H and O–H groups in total. The van der Waals surface area contributed by atoms with Gasteiger partial charge >= 0.3 is 5.69 Å². The van der Waals surface area contributed by atoms with Gasteiger partial charge in [0.2, 0.25) is 5.91 Å². The summed E-state index contributed by atoms with van der Waals surface area (Å²) in [5.41, 5.74) is 0.338. The SMILES string of the molecule is C[C@H](CNC(=O)Cn1cccnc1=O)c1c(Cl)cccc1Cl. The molecule has 1 aromatic carbocycles. The first kappa shape index (κ1) is 16.5. The summed E-state index contributed by atoms with van der Waals surface area (Å²) in [6.07, 6.45) is 2.90. The van der Waals surface area contributed by atoms with Crippen molar-refractivity contribution in [1.82, 2.24) is 14.9 Å². The second-order valence-electron chi connectivity index (χ2n) is 4.87. The van der Waals surface area contributed by atoms with Gasteiger partial charge < -0.3 is 5.32 Å². The van der Waals surface area contributed by atoms with Crippen molar-refractivity contribution in [3.05, 3.63) is 62.8 Å². The molecule has 1 heterocycles. The highest BCUT2D eigenvalue weighted by atomic mass is 35.5. The van der Waals surface area contributed by atoms with Crippen LogP contribution >= 0.6 is 23.2 Å². The minimum atomic E-state index is -0.458. The normalized spacial score (nSPS) is 12.0. The smallest absolute Gasteiger partial charge is 0.347 e. The van der Waals surface area contributed by atoms with E-state index < -0.39 is 5.69 Å². The van der Waals surface area contributed by atoms with Gasteiger partial charge in [0.1, 0.15) is 6.54 Å². The Morgan fingerprint density at radius 1 is 1.32 bits per heavy atom. The number of halogens is 2. The fraction of sp³-hybridized carbons (Fsp3) is 0.267. The number of aromatic nitrogens is 2. The number of nitrogens with zero attached hydrogens (tertiary/aromatic N) is 2. The largest absolute Gasteiger partial charge is 0.354 e. The Kier molecular flexibility index (Phi) is 5.57. The average molecular weight is 340 g/mol. The summed E-state index contributed by atoms with van der Waals surface area (Å²) >= 11 is 12.3. The summed E-state index contributed by atoms with van der Waals surface area (Å²) in [6.45, 7) is 2.22. The molecule has 0 aliphatic rings. The molecule has 1 aromatic heterocycles. The van der Waals surface area contributed by atoms with E-state index in [0.717, 1.165) is 5.56 Å². The van der Waals surface area contributed by atoms with Gasteiger partial charge in [-0.2, -0.15) is 0 Å². The molecule has 0 fully saturated rings. The molecule has 2 rings (SSSR count). The Bertz CT molecular complexity index is 710. The zero-order valence-corrected chi connectivity index (χ0v) is 13.4. The van der Waals surface area contributed by atoms with Crippen LogP contribution in [-0.4, -0.2) is 22.0 Å². The van der Waals surface area contributed by atoms with Crippen molar-refractivity contribution in [3.8, 4) is 0 Å². The number of nitrogens with one attached hydrogen (secondary N) is 1. The second-order valence-corrected chi connectivity index (χ2v) is 5.69. The molecule has 0 radical (unpaired) electrons. The van der Waals surface area contributed by atoms with E-state index >= 15 is 0 Å².